The molecule has 0 spiro atoms. The highest BCUT2D eigenvalue weighted by atomic mass is 16.3. The van der Waals surface area contributed by atoms with E-state index in [1.165, 1.54) is 41.5 Å². The van der Waals surface area contributed by atoms with Gasteiger partial charge in [-0.3, -0.25) is 9.56 Å². The Kier molecular flexibility index (Phi) is 3.57. The molecule has 5 nitrogen and oxygen atoms in total. The summed E-state index contributed by atoms with van der Waals surface area (Å²) in [7, 11) is 0. The molecule has 5 heteroatoms. The first kappa shape index (κ1) is 16.5. The average Bonchev–Trinajstić information content (AvgIpc) is 3.33. The largest absolute Gasteiger partial charge is 0.442 e. The predicted molar refractivity (Wildman–Crippen MR) is 112 cm³/mol. The molecule has 0 bridgehead atoms. The van der Waals surface area contributed by atoms with Crippen molar-refractivity contribution in [2.24, 2.45) is 4.99 Å². The molecule has 4 aromatic rings. The Bertz CT molecular complexity index is 1250. The molecule has 1 fully saturated rings. The topological polar surface area (TPSA) is 56.2 Å². The van der Waals surface area contributed by atoms with Gasteiger partial charge in [0.15, 0.2) is 12.2 Å². The van der Waals surface area contributed by atoms with Crippen LogP contribution >= 0.6 is 0 Å². The number of hydrogen-bond donors (Lipinski definition) is 0. The van der Waals surface area contributed by atoms with Crippen LogP contribution in [0.2, 0.25) is 0 Å². The van der Waals surface area contributed by atoms with Crippen molar-refractivity contribution in [2.75, 3.05) is 0 Å². The van der Waals surface area contributed by atoms with Gasteiger partial charge in [0.1, 0.15) is 12.0 Å². The molecule has 1 aliphatic heterocycles. The van der Waals surface area contributed by atoms with Crippen molar-refractivity contribution in [3.05, 3.63) is 89.3 Å². The van der Waals surface area contributed by atoms with Gasteiger partial charge in [-0.15, -0.1) is 0 Å². The van der Waals surface area contributed by atoms with Gasteiger partial charge >= 0.3 is 0 Å². The zero-order valence-corrected chi connectivity index (χ0v) is 16.2. The first-order chi connectivity index (χ1) is 14.3. The Hall–Kier alpha value is -3.47. The van der Waals surface area contributed by atoms with Crippen LogP contribution in [-0.2, 0) is 6.54 Å². The zero-order chi connectivity index (χ0) is 19.4. The lowest BCUT2D eigenvalue weighted by Gasteiger charge is -2.15. The molecule has 2 aromatic heterocycles. The number of imidazole rings is 1. The Morgan fingerprint density at radius 2 is 1.97 bits per heavy atom. The first-order valence-electron chi connectivity index (χ1n) is 10.00. The van der Waals surface area contributed by atoms with Crippen LogP contribution < -0.4 is 0 Å². The molecule has 142 valence electrons. The van der Waals surface area contributed by atoms with Crippen LogP contribution in [0.3, 0.4) is 0 Å². The second-order valence-corrected chi connectivity index (χ2v) is 7.81. The van der Waals surface area contributed by atoms with Gasteiger partial charge in [0.05, 0.1) is 29.8 Å². The summed E-state index contributed by atoms with van der Waals surface area (Å²) < 4.78 is 7.68. The Morgan fingerprint density at radius 3 is 2.76 bits per heavy atom. The molecule has 0 radical (unpaired) electrons. The third kappa shape index (κ3) is 2.65. The van der Waals surface area contributed by atoms with E-state index in [1.807, 2.05) is 6.33 Å². The lowest BCUT2D eigenvalue weighted by atomic mass is 9.94. The lowest BCUT2D eigenvalue weighted by Crippen LogP contribution is -2.09. The van der Waals surface area contributed by atoms with E-state index in [4.69, 9.17) is 9.41 Å². The van der Waals surface area contributed by atoms with Crippen molar-refractivity contribution >= 4 is 5.71 Å². The van der Waals surface area contributed by atoms with E-state index in [-0.39, 0.29) is 0 Å². The summed E-state index contributed by atoms with van der Waals surface area (Å²) in [5, 5.41) is 0. The highest BCUT2D eigenvalue weighted by Gasteiger charge is 2.28. The normalized spacial score (nSPS) is 15.4. The third-order valence-corrected chi connectivity index (χ3v) is 5.90. The summed E-state index contributed by atoms with van der Waals surface area (Å²) in [6.45, 7) is 2.68. The molecular weight excluding hydrogens is 360 g/mol. The minimum Gasteiger partial charge on any atom is -0.442 e. The number of aliphatic imine (C=N–C) groups is 1. The maximum Gasteiger partial charge on any atom is 0.181 e. The van der Waals surface area contributed by atoms with Gasteiger partial charge in [0, 0.05) is 11.1 Å². The van der Waals surface area contributed by atoms with Crippen LogP contribution in [0.5, 0.6) is 0 Å². The number of aryl methyl sites for hydroxylation is 1. The van der Waals surface area contributed by atoms with Crippen molar-refractivity contribution in [1.29, 1.82) is 0 Å². The van der Waals surface area contributed by atoms with E-state index in [1.54, 1.807) is 6.20 Å². The lowest BCUT2D eigenvalue weighted by molar-refractivity contribution is 0.569. The van der Waals surface area contributed by atoms with Gasteiger partial charge in [0.2, 0.25) is 0 Å². The van der Waals surface area contributed by atoms with Crippen molar-refractivity contribution in [1.82, 2.24) is 14.5 Å². The number of oxazole rings is 1. The monoisotopic (exact) mass is 380 g/mol. The molecular formula is C24H20N4O. The molecule has 0 atom stereocenters. The maximum absolute atomic E-state index is 5.53. The quantitative estimate of drug-likeness (QED) is 0.499. The number of hydrogen-bond acceptors (Lipinski definition) is 4. The van der Waals surface area contributed by atoms with Gasteiger partial charge in [-0.25, -0.2) is 9.97 Å². The van der Waals surface area contributed by atoms with Gasteiger partial charge in [-0.1, -0.05) is 30.3 Å². The summed E-state index contributed by atoms with van der Waals surface area (Å²) >= 11 is 0. The van der Waals surface area contributed by atoms with E-state index in [9.17, 15) is 0 Å². The van der Waals surface area contributed by atoms with E-state index in [0.29, 0.717) is 18.2 Å². The van der Waals surface area contributed by atoms with Crippen molar-refractivity contribution in [3.63, 3.8) is 0 Å². The summed E-state index contributed by atoms with van der Waals surface area (Å²) in [5.74, 6) is 1.36. The predicted octanol–water partition coefficient (Wildman–Crippen LogP) is 5.06. The first-order valence-corrected chi connectivity index (χ1v) is 10.00. The Morgan fingerprint density at radius 1 is 1.07 bits per heavy atom. The fourth-order valence-corrected chi connectivity index (χ4v) is 4.20. The van der Waals surface area contributed by atoms with Crippen LogP contribution in [0.15, 0.2) is 70.8 Å². The van der Waals surface area contributed by atoms with E-state index in [2.05, 4.69) is 63.9 Å². The van der Waals surface area contributed by atoms with Crippen LogP contribution in [0.4, 0.5) is 0 Å². The summed E-state index contributed by atoms with van der Waals surface area (Å²) in [6.07, 6.45) is 7.58. The van der Waals surface area contributed by atoms with E-state index in [0.717, 1.165) is 22.8 Å². The number of rotatable bonds is 3. The van der Waals surface area contributed by atoms with Crippen LogP contribution in [0.1, 0.15) is 46.7 Å². The second-order valence-electron chi connectivity index (χ2n) is 7.81. The van der Waals surface area contributed by atoms with Gasteiger partial charge < -0.3 is 4.42 Å². The minimum atomic E-state index is 0.535. The highest BCUT2D eigenvalue weighted by Crippen LogP contribution is 2.42. The van der Waals surface area contributed by atoms with Crippen LogP contribution in [-0.4, -0.2) is 20.2 Å². The second kappa shape index (κ2) is 6.27. The van der Waals surface area contributed by atoms with E-state index >= 15 is 0 Å². The molecule has 2 aliphatic rings. The smallest absolute Gasteiger partial charge is 0.181 e. The average molecular weight is 380 g/mol. The fraction of sp³-hybridized carbons (Fsp3) is 0.208. The molecule has 0 unspecified atom stereocenters. The van der Waals surface area contributed by atoms with Gasteiger partial charge in [-0.05, 0) is 48.9 Å². The van der Waals surface area contributed by atoms with Crippen molar-refractivity contribution < 1.29 is 4.42 Å². The molecule has 1 aliphatic carbocycles. The molecule has 29 heavy (non-hydrogen) atoms. The summed E-state index contributed by atoms with van der Waals surface area (Å²) in [4.78, 5) is 13.8. The zero-order valence-electron chi connectivity index (χ0n) is 16.2. The Labute approximate surface area is 168 Å². The van der Waals surface area contributed by atoms with Crippen molar-refractivity contribution in [3.8, 4) is 17.1 Å². The minimum absolute atomic E-state index is 0.535. The van der Waals surface area contributed by atoms with E-state index < -0.39 is 0 Å². The molecule has 0 N–H and O–H groups in total. The van der Waals surface area contributed by atoms with Gasteiger partial charge in [-0.2, -0.15) is 0 Å². The summed E-state index contributed by atoms with van der Waals surface area (Å²) in [5.41, 5.74) is 8.97. The van der Waals surface area contributed by atoms with Crippen LogP contribution in [0.25, 0.3) is 17.1 Å². The number of fused-ring (bicyclic) bond motifs is 3. The Balaban J connectivity index is 1.60. The van der Waals surface area contributed by atoms with Crippen LogP contribution in [0, 0.1) is 6.92 Å². The number of benzene rings is 2. The molecule has 1 saturated carbocycles. The maximum atomic E-state index is 5.53. The molecule has 0 amide bonds. The highest BCUT2D eigenvalue weighted by molar-refractivity contribution is 6.16. The molecule has 3 heterocycles. The summed E-state index contributed by atoms with van der Waals surface area (Å²) in [6, 6.07) is 15.3. The molecule has 2 aromatic carbocycles. The standard InChI is InChI=1S/C24H20N4O/c1-15-4-2-3-5-18(15)23-19-10-17(16-6-7-16)8-9-20(19)28-13-27-24(21(28)11-26-23)22-12-25-14-29-22/h2-5,8-10,12-14,16H,6-7,11H2,1H3. The fourth-order valence-electron chi connectivity index (χ4n) is 4.20. The SMILES string of the molecule is Cc1ccccc1C1=NCc2c(-c3cnco3)ncn2-c2ccc(C3CC3)cc21. The van der Waals surface area contributed by atoms with Gasteiger partial charge in [0.25, 0.3) is 0 Å². The third-order valence-electron chi connectivity index (χ3n) is 5.90. The molecule has 0 saturated heterocycles. The number of aromatic nitrogens is 3. The van der Waals surface area contributed by atoms with Crippen molar-refractivity contribution in [2.45, 2.75) is 32.2 Å². The number of nitrogens with zero attached hydrogens (tertiary/aromatic N) is 4. The molecule has 6 rings (SSSR count).